The van der Waals surface area contributed by atoms with Crippen LogP contribution in [0.4, 0.5) is 11.6 Å². The largest absolute Gasteiger partial charge is 0.399 e. The van der Waals surface area contributed by atoms with Crippen molar-refractivity contribution in [3.8, 4) is 0 Å². The van der Waals surface area contributed by atoms with Crippen LogP contribution in [0, 0.1) is 51.3 Å². The molecule has 6 heteroatoms. The van der Waals surface area contributed by atoms with Crippen molar-refractivity contribution in [1.82, 2.24) is 15.0 Å². The van der Waals surface area contributed by atoms with Gasteiger partial charge in [0.2, 0.25) is 0 Å². The average Bonchev–Trinajstić information content (AvgIpc) is 2.34. The van der Waals surface area contributed by atoms with Gasteiger partial charge in [0.15, 0.2) is 0 Å². The zero-order valence-corrected chi connectivity index (χ0v) is 15.8. The number of nitrogens with two attached hydrogens (primary N) is 1. The zero-order valence-electron chi connectivity index (χ0n) is 11.7. The smallest absolute Gasteiger partial charge is 0.111 e. The van der Waals surface area contributed by atoms with Crippen LogP contribution in [0.15, 0.2) is 24.3 Å². The standard InChI is InChI=1S/C7H9N.C6H9N4.U/c1-6-4-2-3-5-7(6)8;1-5-7-4-8-6(9-5)10(2)3;/h2-5H,8H2,1H3;1-3H3;/q;-1;. The second-order valence-corrected chi connectivity index (χ2v) is 4.03. The number of benzene rings is 1. The van der Waals surface area contributed by atoms with Gasteiger partial charge in [-0.1, -0.05) is 25.1 Å². The summed E-state index contributed by atoms with van der Waals surface area (Å²) in [5.41, 5.74) is 7.53. The van der Waals surface area contributed by atoms with E-state index in [1.807, 2.05) is 57.1 Å². The van der Waals surface area contributed by atoms with E-state index in [1.165, 1.54) is 0 Å². The fraction of sp³-hybridized carbons (Fsp3) is 0.308. The number of rotatable bonds is 1. The van der Waals surface area contributed by atoms with E-state index in [1.54, 1.807) is 0 Å². The second-order valence-electron chi connectivity index (χ2n) is 4.03. The first-order valence-electron chi connectivity index (χ1n) is 5.58. The first-order valence-corrected chi connectivity index (χ1v) is 5.58. The van der Waals surface area contributed by atoms with Crippen LogP contribution in [0.25, 0.3) is 0 Å². The van der Waals surface area contributed by atoms with Crippen LogP contribution in [-0.4, -0.2) is 29.0 Å². The predicted octanol–water partition coefficient (Wildman–Crippen LogP) is 1.62. The molecule has 0 aliphatic rings. The number of aromatic nitrogens is 3. The van der Waals surface area contributed by atoms with E-state index in [9.17, 15) is 0 Å². The van der Waals surface area contributed by atoms with Crippen LogP contribution in [0.2, 0.25) is 0 Å². The van der Waals surface area contributed by atoms with Crippen molar-refractivity contribution >= 4 is 11.6 Å². The molecular weight excluding hydrogens is 464 g/mol. The summed E-state index contributed by atoms with van der Waals surface area (Å²) in [7, 11) is 3.76. The van der Waals surface area contributed by atoms with Crippen molar-refractivity contribution in [2.24, 2.45) is 0 Å². The third-order valence-electron chi connectivity index (χ3n) is 2.21. The second kappa shape index (κ2) is 8.89. The molecule has 1 aromatic carbocycles. The summed E-state index contributed by atoms with van der Waals surface area (Å²) in [5.74, 6) is 1.34. The van der Waals surface area contributed by atoms with E-state index in [-0.39, 0.29) is 31.1 Å². The topological polar surface area (TPSA) is 67.9 Å². The van der Waals surface area contributed by atoms with Crippen molar-refractivity contribution in [3.05, 3.63) is 42.0 Å². The molecule has 5 nitrogen and oxygen atoms in total. The molecule has 0 unspecified atom stereocenters. The van der Waals surface area contributed by atoms with E-state index in [4.69, 9.17) is 5.73 Å². The third-order valence-corrected chi connectivity index (χ3v) is 2.21. The monoisotopic (exact) mass is 482 g/mol. The Hall–Kier alpha value is -1.12. The maximum atomic E-state index is 5.52. The minimum Gasteiger partial charge on any atom is -0.399 e. The fourth-order valence-electron chi connectivity index (χ4n) is 1.12. The summed E-state index contributed by atoms with van der Waals surface area (Å²) in [6.07, 6.45) is 2.51. The van der Waals surface area contributed by atoms with E-state index in [2.05, 4.69) is 21.3 Å². The molecule has 19 heavy (non-hydrogen) atoms. The van der Waals surface area contributed by atoms with Gasteiger partial charge in [-0.25, -0.2) is 0 Å². The normalized spacial score (nSPS) is 8.84. The molecule has 0 bridgehead atoms. The SMILES string of the molecule is Cc1ccccc1N.Cc1n[c-]nc(N(C)C)n1.[U]. The molecule has 2 aromatic rings. The zero-order chi connectivity index (χ0) is 13.5. The van der Waals surface area contributed by atoms with Gasteiger partial charge in [0, 0.05) is 49.0 Å². The number of aryl methyl sites for hydroxylation is 2. The number of hydrogen-bond acceptors (Lipinski definition) is 5. The van der Waals surface area contributed by atoms with Gasteiger partial charge in [-0.3, -0.25) is 0 Å². The predicted molar refractivity (Wildman–Crippen MR) is 73.3 cm³/mol. The van der Waals surface area contributed by atoms with Crippen LogP contribution in [0.1, 0.15) is 11.4 Å². The number of hydrogen-bond donors (Lipinski definition) is 1. The van der Waals surface area contributed by atoms with Crippen LogP contribution in [0.5, 0.6) is 0 Å². The number of nitrogen functional groups attached to an aromatic ring is 1. The first kappa shape index (κ1) is 17.9. The van der Waals surface area contributed by atoms with Gasteiger partial charge in [-0.2, -0.15) is 0 Å². The Bertz CT molecular complexity index is 481. The van der Waals surface area contributed by atoms with E-state index < -0.39 is 0 Å². The summed E-state index contributed by atoms with van der Waals surface area (Å²) < 4.78 is 0. The van der Waals surface area contributed by atoms with Gasteiger partial charge in [-0.15, -0.1) is 0 Å². The Labute approximate surface area is 138 Å². The van der Waals surface area contributed by atoms with Crippen LogP contribution < -0.4 is 10.6 Å². The van der Waals surface area contributed by atoms with Crippen molar-refractivity contribution in [2.45, 2.75) is 13.8 Å². The molecule has 0 aliphatic heterocycles. The van der Waals surface area contributed by atoms with Gasteiger partial charge in [0.1, 0.15) is 5.95 Å². The number of para-hydroxylation sites is 1. The Balaban J connectivity index is 0.000000331. The third kappa shape index (κ3) is 6.56. The molecule has 1 aromatic heterocycles. The molecule has 0 aliphatic carbocycles. The molecule has 0 spiro atoms. The molecule has 0 saturated carbocycles. The van der Waals surface area contributed by atoms with Gasteiger partial charge >= 0.3 is 0 Å². The molecular formula is C13H18N5U-. The van der Waals surface area contributed by atoms with Crippen LogP contribution in [0.3, 0.4) is 0 Å². The maximum absolute atomic E-state index is 5.52. The Kier molecular flexibility index (Phi) is 8.37. The van der Waals surface area contributed by atoms with E-state index >= 15 is 0 Å². The number of nitrogens with zero attached hydrogens (tertiary/aromatic N) is 4. The molecule has 0 fully saturated rings. The fourth-order valence-corrected chi connectivity index (χ4v) is 1.12. The molecule has 0 atom stereocenters. The quantitative estimate of drug-likeness (QED) is 0.495. The summed E-state index contributed by atoms with van der Waals surface area (Å²) in [6, 6.07) is 7.80. The molecule has 0 radical (unpaired) electrons. The first-order chi connectivity index (χ1) is 8.50. The molecule has 2 N–H and O–H groups in total. The van der Waals surface area contributed by atoms with Crippen molar-refractivity contribution < 1.29 is 31.1 Å². The van der Waals surface area contributed by atoms with E-state index in [0.29, 0.717) is 11.8 Å². The van der Waals surface area contributed by atoms with Crippen LogP contribution >= 0.6 is 0 Å². The average molecular weight is 482 g/mol. The minimum absolute atomic E-state index is 0. The molecule has 0 amide bonds. The van der Waals surface area contributed by atoms with Gasteiger partial charge < -0.3 is 25.6 Å². The molecule has 100 valence electrons. The van der Waals surface area contributed by atoms with Crippen LogP contribution in [-0.2, 0) is 0 Å². The molecule has 0 saturated heterocycles. The summed E-state index contributed by atoms with van der Waals surface area (Å²) in [4.78, 5) is 13.4. The van der Waals surface area contributed by atoms with Crippen molar-refractivity contribution in [2.75, 3.05) is 24.7 Å². The van der Waals surface area contributed by atoms with E-state index in [0.717, 1.165) is 11.3 Å². The summed E-state index contributed by atoms with van der Waals surface area (Å²) in [6.45, 7) is 3.81. The molecule has 2 rings (SSSR count). The number of anilines is 2. The summed E-state index contributed by atoms with van der Waals surface area (Å²) >= 11 is 0. The van der Waals surface area contributed by atoms with Gasteiger partial charge in [0.25, 0.3) is 0 Å². The summed E-state index contributed by atoms with van der Waals surface area (Å²) in [5, 5.41) is 0. The minimum atomic E-state index is 0. The molecule has 1 heterocycles. The van der Waals surface area contributed by atoms with Crippen molar-refractivity contribution in [1.29, 1.82) is 0 Å². The van der Waals surface area contributed by atoms with Gasteiger partial charge in [0.05, 0.1) is 0 Å². The Morgan fingerprint density at radius 2 is 1.74 bits per heavy atom. The maximum Gasteiger partial charge on any atom is 0.111 e. The Morgan fingerprint density at radius 1 is 1.11 bits per heavy atom. The Morgan fingerprint density at radius 3 is 2.11 bits per heavy atom. The van der Waals surface area contributed by atoms with Gasteiger partial charge in [-0.05, 0) is 32.6 Å². The van der Waals surface area contributed by atoms with Crippen molar-refractivity contribution in [3.63, 3.8) is 0 Å².